The lowest BCUT2D eigenvalue weighted by Gasteiger charge is -2.47. The lowest BCUT2D eigenvalue weighted by Crippen LogP contribution is -2.61. The smallest absolute Gasteiger partial charge is 0.318 e. The van der Waals surface area contributed by atoms with Crippen LogP contribution in [0.1, 0.15) is 58.6 Å². The van der Waals surface area contributed by atoms with E-state index in [0.29, 0.717) is 48.2 Å². The van der Waals surface area contributed by atoms with Gasteiger partial charge in [0, 0.05) is 61.4 Å². The number of ether oxygens (including phenoxy) is 1. The number of fused-ring (bicyclic) bond motifs is 6. The largest absolute Gasteiger partial charge is 0.508 e. The molecule has 9 rings (SSSR count). The third-order valence-electron chi connectivity index (χ3n) is 10.1. The normalized spacial score (nSPS) is 29.1. The molecule has 5 saturated heterocycles. The highest BCUT2D eigenvalue weighted by Crippen LogP contribution is 2.42. The highest BCUT2D eigenvalue weighted by molar-refractivity contribution is 5.99. The van der Waals surface area contributed by atoms with Crippen molar-refractivity contribution in [3.63, 3.8) is 0 Å². The van der Waals surface area contributed by atoms with Crippen LogP contribution in [0.15, 0.2) is 30.5 Å². The van der Waals surface area contributed by atoms with Crippen LogP contribution in [0.2, 0.25) is 0 Å². The molecule has 1 aromatic heterocycles. The average molecular weight is 591 g/mol. The van der Waals surface area contributed by atoms with Crippen LogP contribution in [0.5, 0.6) is 11.8 Å². The van der Waals surface area contributed by atoms with Gasteiger partial charge in [-0.25, -0.2) is 8.78 Å². The second-order valence-corrected chi connectivity index (χ2v) is 12.7. The van der Waals surface area contributed by atoms with E-state index in [-0.39, 0.29) is 43.1 Å². The number of nitrogens with zero attached hydrogens (tertiary/aromatic N) is 5. The van der Waals surface area contributed by atoms with Gasteiger partial charge in [-0.15, -0.1) is 0 Å². The fraction of sp³-hybridized carbons (Fsp3) is 0.515. The van der Waals surface area contributed by atoms with Crippen LogP contribution in [0.25, 0.3) is 16.8 Å². The molecule has 6 aliphatic rings. The van der Waals surface area contributed by atoms with Gasteiger partial charge >= 0.3 is 6.01 Å². The van der Waals surface area contributed by atoms with Gasteiger partial charge < -0.3 is 25.0 Å². The van der Waals surface area contributed by atoms with E-state index >= 15 is 0 Å². The first kappa shape index (κ1) is 24.9. The molecule has 2 aromatic carbocycles. The van der Waals surface area contributed by atoms with Gasteiger partial charge in [0.25, 0.3) is 0 Å². The van der Waals surface area contributed by atoms with Crippen molar-refractivity contribution in [3.8, 4) is 11.8 Å². The number of piperazine rings is 1. The molecule has 6 aliphatic heterocycles. The van der Waals surface area contributed by atoms with E-state index in [4.69, 9.17) is 17.4 Å². The maximum Gasteiger partial charge on any atom is 0.318 e. The van der Waals surface area contributed by atoms with Crippen molar-refractivity contribution in [2.45, 2.75) is 75.8 Å². The van der Waals surface area contributed by atoms with Crippen LogP contribution in [0.3, 0.4) is 0 Å². The monoisotopic (exact) mass is 590 g/mol. The highest BCUT2D eigenvalue weighted by atomic mass is 19.1. The average Bonchev–Trinajstić information content (AvgIpc) is 3.58. The molecule has 0 aliphatic carbocycles. The lowest BCUT2D eigenvalue weighted by molar-refractivity contribution is 0.107. The third-order valence-corrected chi connectivity index (χ3v) is 10.1. The SMILES string of the molecule is [2H]C([2H])(Oc1nc2c(c(N3CC4CCC3CN4)n1)C=CN(c1cc(O)cc3ccc(F)c(CC)c13)C2)[C@@]12CCCN1C[C@H](F)C2. The molecule has 43 heavy (non-hydrogen) atoms. The quantitative estimate of drug-likeness (QED) is 0.419. The van der Waals surface area contributed by atoms with Crippen molar-refractivity contribution >= 4 is 28.4 Å². The van der Waals surface area contributed by atoms with Crippen LogP contribution in [-0.4, -0.2) is 76.5 Å². The summed E-state index contributed by atoms with van der Waals surface area (Å²) in [4.78, 5) is 15.8. The van der Waals surface area contributed by atoms with E-state index < -0.39 is 18.3 Å². The molecule has 8 nitrogen and oxygen atoms in total. The predicted octanol–water partition coefficient (Wildman–Crippen LogP) is 4.92. The molecule has 0 amide bonds. The summed E-state index contributed by atoms with van der Waals surface area (Å²) < 4.78 is 54.0. The summed E-state index contributed by atoms with van der Waals surface area (Å²) in [5, 5.41) is 15.7. The topological polar surface area (TPSA) is 77.0 Å². The molecule has 7 heterocycles. The number of rotatable bonds is 6. The zero-order valence-corrected chi connectivity index (χ0v) is 24.3. The summed E-state index contributed by atoms with van der Waals surface area (Å²) in [6, 6.07) is 6.91. The molecular formula is C33H38F2N6O2. The van der Waals surface area contributed by atoms with Gasteiger partial charge in [0.05, 0.1) is 26.2 Å². The minimum absolute atomic E-state index is 0.0667. The summed E-state index contributed by atoms with van der Waals surface area (Å²) in [7, 11) is 0. The molecule has 226 valence electrons. The summed E-state index contributed by atoms with van der Waals surface area (Å²) in [5.74, 6) is 0.484. The van der Waals surface area contributed by atoms with Crippen molar-refractivity contribution in [2.75, 3.05) is 42.5 Å². The molecule has 2 bridgehead atoms. The van der Waals surface area contributed by atoms with Crippen LogP contribution in [0, 0.1) is 5.82 Å². The maximum atomic E-state index is 15.0. The van der Waals surface area contributed by atoms with Crippen molar-refractivity contribution in [1.82, 2.24) is 20.2 Å². The van der Waals surface area contributed by atoms with Gasteiger partial charge in [0.2, 0.25) is 0 Å². The number of nitrogens with one attached hydrogen (secondary N) is 1. The van der Waals surface area contributed by atoms with E-state index in [1.807, 2.05) is 29.0 Å². The van der Waals surface area contributed by atoms with Crippen molar-refractivity contribution in [3.05, 3.63) is 53.1 Å². The summed E-state index contributed by atoms with van der Waals surface area (Å²) in [6.07, 6.45) is 6.75. The number of aromatic nitrogens is 2. The Labute approximate surface area is 253 Å². The van der Waals surface area contributed by atoms with E-state index in [2.05, 4.69) is 10.2 Å². The van der Waals surface area contributed by atoms with Gasteiger partial charge in [0.1, 0.15) is 30.1 Å². The fourth-order valence-electron chi connectivity index (χ4n) is 8.00. The van der Waals surface area contributed by atoms with E-state index in [1.165, 1.54) is 6.07 Å². The number of halogens is 2. The number of alkyl halides is 1. The minimum Gasteiger partial charge on any atom is -0.508 e. The molecular weight excluding hydrogens is 550 g/mol. The molecule has 2 unspecified atom stereocenters. The fourth-order valence-corrected chi connectivity index (χ4v) is 8.00. The van der Waals surface area contributed by atoms with Crippen LogP contribution in [0.4, 0.5) is 20.3 Å². The van der Waals surface area contributed by atoms with Gasteiger partial charge in [-0.3, -0.25) is 4.90 Å². The Hall–Kier alpha value is -3.50. The number of hydrogen-bond acceptors (Lipinski definition) is 8. The molecule has 0 radical (unpaired) electrons. The molecule has 5 fully saturated rings. The molecule has 0 saturated carbocycles. The van der Waals surface area contributed by atoms with E-state index in [0.717, 1.165) is 48.7 Å². The molecule has 4 atom stereocenters. The van der Waals surface area contributed by atoms with Gasteiger partial charge in [-0.1, -0.05) is 13.0 Å². The van der Waals surface area contributed by atoms with Crippen LogP contribution >= 0.6 is 0 Å². The molecule has 3 aromatic rings. The number of benzene rings is 2. The zero-order valence-electron chi connectivity index (χ0n) is 26.3. The highest BCUT2D eigenvalue weighted by Gasteiger charge is 2.49. The first-order chi connectivity index (χ1) is 21.7. The standard InChI is InChI=1S/C33H38F2N6O2/c1-2-25-27(35)7-4-20-12-24(42)13-29(30(20)25)39-11-8-26-28(18-39)37-32(38-31(26)41-17-22-5-6-23(41)15-36-22)43-19-33-9-3-10-40(33)16-21(34)14-33/h4,7-8,11-13,21-23,36,42H,2-3,5-6,9-10,14-19H2,1H3/t21-,22?,23?,33+/m1/s1/i19D2. The van der Waals surface area contributed by atoms with E-state index in [9.17, 15) is 13.9 Å². The zero-order chi connectivity index (χ0) is 31.1. The molecule has 0 spiro atoms. The molecule has 10 heteroatoms. The predicted molar refractivity (Wildman–Crippen MR) is 163 cm³/mol. The Morgan fingerprint density at radius 1 is 1.23 bits per heavy atom. The van der Waals surface area contributed by atoms with E-state index in [1.54, 1.807) is 18.2 Å². The number of hydrogen-bond donors (Lipinski definition) is 2. The van der Waals surface area contributed by atoms with Crippen LogP contribution in [-0.2, 0) is 13.0 Å². The number of phenolic OH excluding ortho intramolecular Hbond substituents is 1. The number of anilines is 2. The number of phenols is 1. The lowest BCUT2D eigenvalue weighted by atomic mass is 9.92. The maximum absolute atomic E-state index is 15.0. The molecule has 2 N–H and O–H groups in total. The van der Waals surface area contributed by atoms with Crippen LogP contribution < -0.4 is 19.9 Å². The number of aryl methyl sites for hydroxylation is 1. The number of piperidine rings is 2. The van der Waals surface area contributed by atoms with Crippen molar-refractivity contribution in [2.24, 2.45) is 0 Å². The Kier molecular flexibility index (Phi) is 5.96. The van der Waals surface area contributed by atoms with Gasteiger partial charge in [-0.05, 0) is 67.8 Å². The number of aromatic hydroxyl groups is 1. The minimum atomic E-state index is -2.21. The summed E-state index contributed by atoms with van der Waals surface area (Å²) in [5.41, 5.74) is 1.64. The Morgan fingerprint density at radius 3 is 2.93 bits per heavy atom. The second-order valence-electron chi connectivity index (χ2n) is 12.7. The van der Waals surface area contributed by atoms with Crippen molar-refractivity contribution in [1.29, 1.82) is 0 Å². The van der Waals surface area contributed by atoms with Gasteiger partial charge in [-0.2, -0.15) is 9.97 Å². The first-order valence-electron chi connectivity index (χ1n) is 16.5. The Morgan fingerprint density at radius 2 is 2.14 bits per heavy atom. The summed E-state index contributed by atoms with van der Waals surface area (Å²) >= 11 is 0. The van der Waals surface area contributed by atoms with Crippen molar-refractivity contribution < 1.29 is 21.4 Å². The van der Waals surface area contributed by atoms with Gasteiger partial charge in [0.15, 0.2) is 0 Å². The third kappa shape index (κ3) is 4.52. The first-order valence-corrected chi connectivity index (χ1v) is 15.5. The second kappa shape index (κ2) is 10.3. The Balaban J connectivity index is 1.22. The summed E-state index contributed by atoms with van der Waals surface area (Å²) in [6.45, 7) is 2.44. The Bertz CT molecular complexity index is 1700.